The van der Waals surface area contributed by atoms with Crippen LogP contribution in [0.5, 0.6) is 5.75 Å². The molecule has 2 aromatic rings. The second kappa shape index (κ2) is 8.71. The van der Waals surface area contributed by atoms with Crippen LogP contribution in [0.15, 0.2) is 48.5 Å². The predicted octanol–water partition coefficient (Wildman–Crippen LogP) is 4.14. The van der Waals surface area contributed by atoms with Crippen LogP contribution < -0.4 is 15.8 Å². The van der Waals surface area contributed by atoms with Crippen molar-refractivity contribution in [3.05, 3.63) is 59.7 Å². The average Bonchev–Trinajstić information content (AvgIpc) is 3.08. The number of ether oxygens (including phenoxy) is 1. The van der Waals surface area contributed by atoms with Crippen molar-refractivity contribution in [1.29, 1.82) is 0 Å². The largest absolute Gasteiger partial charge is 0.490 e. The minimum atomic E-state index is -0.133. The van der Waals surface area contributed by atoms with E-state index in [1.807, 2.05) is 36.4 Å². The van der Waals surface area contributed by atoms with Crippen molar-refractivity contribution in [2.75, 3.05) is 5.32 Å². The molecular formula is C19H23ClN2O2. The lowest BCUT2D eigenvalue weighted by Gasteiger charge is -2.14. The molecule has 0 aliphatic heterocycles. The van der Waals surface area contributed by atoms with Crippen LogP contribution in [-0.4, -0.2) is 12.0 Å². The number of carbonyl (C=O) groups is 1. The third kappa shape index (κ3) is 4.73. The second-order valence-corrected chi connectivity index (χ2v) is 5.91. The standard InChI is InChI=1S/C19H22N2O2.ClH/c20-13-14-8-10-15(11-9-14)19(22)21-16-4-3-7-18(12-16)23-17-5-1-2-6-17;/h3-4,7-12,17H,1-2,5-6,13,20H2,(H,21,22);1H. The van der Waals surface area contributed by atoms with E-state index >= 15 is 0 Å². The summed E-state index contributed by atoms with van der Waals surface area (Å²) in [6, 6.07) is 14.9. The quantitative estimate of drug-likeness (QED) is 0.855. The van der Waals surface area contributed by atoms with Crippen molar-refractivity contribution >= 4 is 24.0 Å². The molecule has 24 heavy (non-hydrogen) atoms. The van der Waals surface area contributed by atoms with E-state index in [1.165, 1.54) is 12.8 Å². The summed E-state index contributed by atoms with van der Waals surface area (Å²) in [5.41, 5.74) is 7.94. The zero-order valence-electron chi connectivity index (χ0n) is 13.5. The summed E-state index contributed by atoms with van der Waals surface area (Å²) in [4.78, 5) is 12.3. The molecule has 3 N–H and O–H groups in total. The number of halogens is 1. The van der Waals surface area contributed by atoms with E-state index in [2.05, 4.69) is 5.32 Å². The SMILES string of the molecule is Cl.NCc1ccc(C(=O)Nc2cccc(OC3CCCC3)c2)cc1. The number of nitrogens with two attached hydrogens (primary N) is 1. The molecule has 0 radical (unpaired) electrons. The molecule has 0 unspecified atom stereocenters. The maximum Gasteiger partial charge on any atom is 0.255 e. The monoisotopic (exact) mass is 346 g/mol. The number of carbonyl (C=O) groups excluding carboxylic acids is 1. The molecule has 0 heterocycles. The van der Waals surface area contributed by atoms with E-state index in [0.29, 0.717) is 18.2 Å². The van der Waals surface area contributed by atoms with Crippen molar-refractivity contribution in [1.82, 2.24) is 0 Å². The smallest absolute Gasteiger partial charge is 0.255 e. The van der Waals surface area contributed by atoms with Crippen molar-refractivity contribution in [3.8, 4) is 5.75 Å². The lowest BCUT2D eigenvalue weighted by molar-refractivity contribution is 0.102. The van der Waals surface area contributed by atoms with Crippen LogP contribution in [0.2, 0.25) is 0 Å². The fraction of sp³-hybridized carbons (Fsp3) is 0.316. The van der Waals surface area contributed by atoms with Crippen LogP contribution >= 0.6 is 12.4 Å². The molecule has 5 heteroatoms. The third-order valence-corrected chi connectivity index (χ3v) is 4.15. The van der Waals surface area contributed by atoms with Gasteiger partial charge in [0.2, 0.25) is 0 Å². The first kappa shape index (κ1) is 18.3. The van der Waals surface area contributed by atoms with E-state index in [0.717, 1.165) is 29.8 Å². The fourth-order valence-electron chi connectivity index (χ4n) is 2.84. The molecular weight excluding hydrogens is 324 g/mol. The molecule has 1 amide bonds. The molecule has 128 valence electrons. The number of benzene rings is 2. The van der Waals surface area contributed by atoms with Crippen LogP contribution in [0.25, 0.3) is 0 Å². The highest BCUT2D eigenvalue weighted by atomic mass is 35.5. The number of anilines is 1. The number of rotatable bonds is 5. The summed E-state index contributed by atoms with van der Waals surface area (Å²) in [7, 11) is 0. The zero-order chi connectivity index (χ0) is 16.1. The molecule has 0 bridgehead atoms. The van der Waals surface area contributed by atoms with Crippen LogP contribution in [-0.2, 0) is 6.54 Å². The Kier molecular flexibility index (Phi) is 6.64. The van der Waals surface area contributed by atoms with Gasteiger partial charge in [-0.15, -0.1) is 12.4 Å². The highest BCUT2D eigenvalue weighted by Gasteiger charge is 2.16. The Balaban J connectivity index is 0.00000208. The first-order valence-electron chi connectivity index (χ1n) is 8.11. The van der Waals surface area contributed by atoms with E-state index in [4.69, 9.17) is 10.5 Å². The van der Waals surface area contributed by atoms with Crippen LogP contribution in [0.4, 0.5) is 5.69 Å². The Hall–Kier alpha value is -2.04. The van der Waals surface area contributed by atoms with Crippen molar-refractivity contribution in [3.63, 3.8) is 0 Å². The van der Waals surface area contributed by atoms with Crippen molar-refractivity contribution < 1.29 is 9.53 Å². The highest BCUT2D eigenvalue weighted by Crippen LogP contribution is 2.26. The Morgan fingerprint density at radius 1 is 1.12 bits per heavy atom. The zero-order valence-corrected chi connectivity index (χ0v) is 14.4. The molecule has 1 saturated carbocycles. The van der Waals surface area contributed by atoms with E-state index in [9.17, 15) is 4.79 Å². The molecule has 1 aliphatic rings. The van der Waals surface area contributed by atoms with Crippen molar-refractivity contribution in [2.45, 2.75) is 38.3 Å². The van der Waals surface area contributed by atoms with Gasteiger partial charge in [-0.1, -0.05) is 18.2 Å². The molecule has 1 fully saturated rings. The maximum atomic E-state index is 12.3. The van der Waals surface area contributed by atoms with Gasteiger partial charge in [-0.25, -0.2) is 0 Å². The Morgan fingerprint density at radius 3 is 2.50 bits per heavy atom. The summed E-state index contributed by atoms with van der Waals surface area (Å²) in [5.74, 6) is 0.680. The minimum absolute atomic E-state index is 0. The van der Waals surface area contributed by atoms with Gasteiger partial charge in [0, 0.05) is 23.9 Å². The Morgan fingerprint density at radius 2 is 1.83 bits per heavy atom. The topological polar surface area (TPSA) is 64.4 Å². The van der Waals surface area contributed by atoms with E-state index in [-0.39, 0.29) is 18.3 Å². The molecule has 2 aromatic carbocycles. The number of hydrogen-bond donors (Lipinski definition) is 2. The summed E-state index contributed by atoms with van der Waals surface area (Å²) in [5, 5.41) is 2.91. The van der Waals surface area contributed by atoms with Gasteiger partial charge in [-0.2, -0.15) is 0 Å². The molecule has 0 atom stereocenters. The van der Waals surface area contributed by atoms with Gasteiger partial charge in [0.15, 0.2) is 0 Å². The summed E-state index contributed by atoms with van der Waals surface area (Å²) in [6.07, 6.45) is 5.01. The predicted molar refractivity (Wildman–Crippen MR) is 98.9 cm³/mol. The van der Waals surface area contributed by atoms with Crippen molar-refractivity contribution in [2.24, 2.45) is 5.73 Å². The number of nitrogens with one attached hydrogen (secondary N) is 1. The normalized spacial score (nSPS) is 14.0. The fourth-order valence-corrected chi connectivity index (χ4v) is 2.84. The van der Waals surface area contributed by atoms with Gasteiger partial charge < -0.3 is 15.8 Å². The van der Waals surface area contributed by atoms with E-state index in [1.54, 1.807) is 12.1 Å². The van der Waals surface area contributed by atoms with Crippen LogP contribution in [0.3, 0.4) is 0 Å². The van der Waals surface area contributed by atoms with Gasteiger partial charge >= 0.3 is 0 Å². The van der Waals surface area contributed by atoms with Gasteiger partial charge in [0.25, 0.3) is 5.91 Å². The molecule has 0 saturated heterocycles. The molecule has 4 nitrogen and oxygen atoms in total. The van der Waals surface area contributed by atoms with E-state index < -0.39 is 0 Å². The summed E-state index contributed by atoms with van der Waals surface area (Å²) >= 11 is 0. The molecule has 3 rings (SSSR count). The second-order valence-electron chi connectivity index (χ2n) is 5.91. The Labute approximate surface area is 148 Å². The maximum absolute atomic E-state index is 12.3. The average molecular weight is 347 g/mol. The minimum Gasteiger partial charge on any atom is -0.490 e. The third-order valence-electron chi connectivity index (χ3n) is 4.15. The van der Waals surface area contributed by atoms with Gasteiger partial charge in [0.1, 0.15) is 5.75 Å². The van der Waals surface area contributed by atoms with Gasteiger partial charge in [0.05, 0.1) is 6.10 Å². The van der Waals surface area contributed by atoms with Gasteiger partial charge in [-0.05, 0) is 55.5 Å². The highest BCUT2D eigenvalue weighted by molar-refractivity contribution is 6.04. The first-order valence-corrected chi connectivity index (χ1v) is 8.11. The molecule has 0 spiro atoms. The number of amides is 1. The lowest BCUT2D eigenvalue weighted by atomic mass is 10.1. The van der Waals surface area contributed by atoms with Gasteiger partial charge in [-0.3, -0.25) is 4.79 Å². The first-order chi connectivity index (χ1) is 11.2. The summed E-state index contributed by atoms with van der Waals surface area (Å²) < 4.78 is 5.97. The van der Waals surface area contributed by atoms with Crippen LogP contribution in [0.1, 0.15) is 41.6 Å². The molecule has 0 aromatic heterocycles. The lowest BCUT2D eigenvalue weighted by Crippen LogP contribution is -2.13. The number of hydrogen-bond acceptors (Lipinski definition) is 3. The van der Waals surface area contributed by atoms with Crippen LogP contribution in [0, 0.1) is 0 Å². The molecule has 1 aliphatic carbocycles. The Bertz CT molecular complexity index is 667. The summed E-state index contributed by atoms with van der Waals surface area (Å²) in [6.45, 7) is 0.475.